The molecule has 74 valence electrons. The van der Waals surface area contributed by atoms with Crippen molar-refractivity contribution in [3.05, 3.63) is 23.4 Å². The second-order valence-corrected chi connectivity index (χ2v) is 3.65. The van der Waals surface area contributed by atoms with Gasteiger partial charge in [0.1, 0.15) is 6.07 Å². The molecule has 3 heteroatoms. The van der Waals surface area contributed by atoms with Crippen molar-refractivity contribution in [2.45, 2.75) is 20.8 Å². The highest BCUT2D eigenvalue weighted by Crippen LogP contribution is 2.13. The summed E-state index contributed by atoms with van der Waals surface area (Å²) < 4.78 is 5.43. The molecule has 3 nitrogen and oxygen atoms in total. The monoisotopic (exact) mass is 190 g/mol. The first-order chi connectivity index (χ1) is 6.63. The van der Waals surface area contributed by atoms with Crippen LogP contribution < -0.4 is 4.74 Å². The summed E-state index contributed by atoms with van der Waals surface area (Å²) in [7, 11) is 0. The van der Waals surface area contributed by atoms with E-state index in [4.69, 9.17) is 10.00 Å². The van der Waals surface area contributed by atoms with Gasteiger partial charge in [-0.25, -0.2) is 4.98 Å². The average Bonchev–Trinajstić information content (AvgIpc) is 2.15. The Morgan fingerprint density at radius 3 is 2.79 bits per heavy atom. The number of nitrogens with zero attached hydrogens (tertiary/aromatic N) is 2. The molecule has 0 unspecified atom stereocenters. The van der Waals surface area contributed by atoms with Crippen molar-refractivity contribution in [1.82, 2.24) is 4.98 Å². The molecule has 0 aromatic carbocycles. The van der Waals surface area contributed by atoms with Gasteiger partial charge in [0, 0.05) is 12.3 Å². The lowest BCUT2D eigenvalue weighted by Gasteiger charge is -2.08. The molecule has 14 heavy (non-hydrogen) atoms. The average molecular weight is 190 g/mol. The highest BCUT2D eigenvalue weighted by Gasteiger charge is 2.02. The van der Waals surface area contributed by atoms with Crippen molar-refractivity contribution >= 4 is 0 Å². The third-order valence-corrected chi connectivity index (χ3v) is 1.77. The van der Waals surface area contributed by atoms with Gasteiger partial charge in [-0.15, -0.1) is 0 Å². The number of hydrogen-bond acceptors (Lipinski definition) is 3. The highest BCUT2D eigenvalue weighted by molar-refractivity contribution is 5.36. The summed E-state index contributed by atoms with van der Waals surface area (Å²) in [6.07, 6.45) is 1.55. The van der Waals surface area contributed by atoms with Crippen molar-refractivity contribution in [2.24, 2.45) is 5.92 Å². The maximum absolute atomic E-state index is 8.70. The van der Waals surface area contributed by atoms with Crippen LogP contribution in [0.15, 0.2) is 12.3 Å². The highest BCUT2D eigenvalue weighted by atomic mass is 16.5. The first-order valence-corrected chi connectivity index (χ1v) is 4.63. The van der Waals surface area contributed by atoms with Crippen molar-refractivity contribution in [3.8, 4) is 11.9 Å². The van der Waals surface area contributed by atoms with Gasteiger partial charge in [0.25, 0.3) is 0 Å². The van der Waals surface area contributed by atoms with Crippen LogP contribution in [0.2, 0.25) is 0 Å². The molecule has 1 rings (SSSR count). The molecule has 0 atom stereocenters. The molecule has 1 heterocycles. The second kappa shape index (κ2) is 4.61. The van der Waals surface area contributed by atoms with Crippen LogP contribution in [-0.2, 0) is 0 Å². The molecule has 0 saturated heterocycles. The summed E-state index contributed by atoms with van der Waals surface area (Å²) in [6.45, 7) is 6.69. The minimum Gasteiger partial charge on any atom is -0.477 e. The predicted octanol–water partition coefficient (Wildman–Crippen LogP) is 2.30. The Labute approximate surface area is 84.3 Å². The van der Waals surface area contributed by atoms with Crippen molar-refractivity contribution < 1.29 is 4.74 Å². The van der Waals surface area contributed by atoms with Gasteiger partial charge < -0.3 is 4.74 Å². The van der Waals surface area contributed by atoms with Crippen molar-refractivity contribution in [2.75, 3.05) is 6.61 Å². The summed E-state index contributed by atoms with van der Waals surface area (Å²) in [6, 6.07) is 3.86. The summed E-state index contributed by atoms with van der Waals surface area (Å²) >= 11 is 0. The minimum atomic E-state index is 0.479. The van der Waals surface area contributed by atoms with Gasteiger partial charge in [-0.2, -0.15) is 5.26 Å². The SMILES string of the molecule is Cc1cc(OCC(C)C)ncc1C#N. The number of ether oxygens (including phenoxy) is 1. The fourth-order valence-electron chi connectivity index (χ4n) is 0.978. The van der Waals surface area contributed by atoms with E-state index < -0.39 is 0 Å². The van der Waals surface area contributed by atoms with Gasteiger partial charge in [0.2, 0.25) is 5.88 Å². The second-order valence-electron chi connectivity index (χ2n) is 3.65. The lowest BCUT2D eigenvalue weighted by molar-refractivity contribution is 0.261. The fraction of sp³-hybridized carbons (Fsp3) is 0.455. The Balaban J connectivity index is 2.73. The van der Waals surface area contributed by atoms with Crippen LogP contribution in [0.3, 0.4) is 0 Å². The van der Waals surface area contributed by atoms with Crippen molar-refractivity contribution in [3.63, 3.8) is 0 Å². The van der Waals surface area contributed by atoms with Gasteiger partial charge >= 0.3 is 0 Å². The Morgan fingerprint density at radius 2 is 2.29 bits per heavy atom. The summed E-state index contributed by atoms with van der Waals surface area (Å²) in [5, 5.41) is 8.70. The normalized spacial score (nSPS) is 9.93. The Bertz CT molecular complexity index is 353. The Kier molecular flexibility index (Phi) is 3.47. The predicted molar refractivity (Wildman–Crippen MR) is 54.0 cm³/mol. The van der Waals surface area contributed by atoms with E-state index in [0.717, 1.165) is 5.56 Å². The third kappa shape index (κ3) is 2.74. The lowest BCUT2D eigenvalue weighted by Crippen LogP contribution is -2.05. The van der Waals surface area contributed by atoms with Crippen LogP contribution in [0.5, 0.6) is 5.88 Å². The summed E-state index contributed by atoms with van der Waals surface area (Å²) in [4.78, 5) is 4.04. The first-order valence-electron chi connectivity index (χ1n) is 4.63. The van der Waals surface area contributed by atoms with E-state index in [2.05, 4.69) is 24.9 Å². The number of pyridine rings is 1. The quantitative estimate of drug-likeness (QED) is 0.734. The largest absolute Gasteiger partial charge is 0.477 e. The van der Waals surface area contributed by atoms with Crippen molar-refractivity contribution in [1.29, 1.82) is 5.26 Å². The molecular weight excluding hydrogens is 176 g/mol. The van der Waals surface area contributed by atoms with Crippen LogP contribution in [0, 0.1) is 24.2 Å². The lowest BCUT2D eigenvalue weighted by atomic mass is 10.2. The van der Waals surface area contributed by atoms with E-state index in [1.165, 1.54) is 0 Å². The smallest absolute Gasteiger partial charge is 0.213 e. The first kappa shape index (κ1) is 10.5. The Hall–Kier alpha value is -1.56. The zero-order valence-corrected chi connectivity index (χ0v) is 8.74. The standard InChI is InChI=1S/C11H14N2O/c1-8(2)7-14-11-4-9(3)10(5-12)6-13-11/h4,6,8H,7H2,1-3H3. The molecule has 0 aliphatic carbocycles. The van der Waals surface area contributed by atoms with Gasteiger partial charge in [-0.3, -0.25) is 0 Å². The molecule has 0 amide bonds. The number of nitriles is 1. The van der Waals surface area contributed by atoms with Crippen LogP contribution >= 0.6 is 0 Å². The van der Waals surface area contributed by atoms with Crippen LogP contribution in [0.25, 0.3) is 0 Å². The fourth-order valence-corrected chi connectivity index (χ4v) is 0.978. The van der Waals surface area contributed by atoms with E-state index in [1.807, 2.05) is 6.92 Å². The molecule has 0 aliphatic rings. The molecule has 1 aromatic heterocycles. The number of aromatic nitrogens is 1. The molecule has 0 aliphatic heterocycles. The zero-order valence-electron chi connectivity index (χ0n) is 8.74. The molecule has 0 N–H and O–H groups in total. The molecule has 0 radical (unpaired) electrons. The number of hydrogen-bond donors (Lipinski definition) is 0. The summed E-state index contributed by atoms with van der Waals surface area (Å²) in [5.74, 6) is 1.07. The maximum atomic E-state index is 8.70. The molecule has 0 bridgehead atoms. The minimum absolute atomic E-state index is 0.479. The Morgan fingerprint density at radius 1 is 1.57 bits per heavy atom. The third-order valence-electron chi connectivity index (χ3n) is 1.77. The van der Waals surface area contributed by atoms with Gasteiger partial charge in [0.15, 0.2) is 0 Å². The maximum Gasteiger partial charge on any atom is 0.213 e. The zero-order chi connectivity index (χ0) is 10.6. The van der Waals surface area contributed by atoms with Gasteiger partial charge in [-0.05, 0) is 18.4 Å². The summed E-state index contributed by atoms with van der Waals surface area (Å²) in [5.41, 5.74) is 1.50. The molecule has 0 fully saturated rings. The number of rotatable bonds is 3. The topological polar surface area (TPSA) is 45.9 Å². The van der Waals surface area contributed by atoms with Crippen LogP contribution in [0.1, 0.15) is 25.0 Å². The van der Waals surface area contributed by atoms with E-state index in [9.17, 15) is 0 Å². The van der Waals surface area contributed by atoms with E-state index >= 15 is 0 Å². The molecule has 0 saturated carbocycles. The van der Waals surface area contributed by atoms with Gasteiger partial charge in [-0.1, -0.05) is 13.8 Å². The molecule has 0 spiro atoms. The molecular formula is C11H14N2O. The molecule has 1 aromatic rings. The van der Waals surface area contributed by atoms with Crippen LogP contribution in [-0.4, -0.2) is 11.6 Å². The van der Waals surface area contributed by atoms with Gasteiger partial charge in [0.05, 0.1) is 12.2 Å². The number of aryl methyl sites for hydroxylation is 1. The van der Waals surface area contributed by atoms with E-state index in [-0.39, 0.29) is 0 Å². The van der Waals surface area contributed by atoms with E-state index in [0.29, 0.717) is 24.0 Å². The van der Waals surface area contributed by atoms with Crippen LogP contribution in [0.4, 0.5) is 0 Å². The van der Waals surface area contributed by atoms with E-state index in [1.54, 1.807) is 12.3 Å².